The summed E-state index contributed by atoms with van der Waals surface area (Å²) in [6.07, 6.45) is 0. The van der Waals surface area contributed by atoms with Crippen LogP contribution in [0.15, 0.2) is 12.1 Å². The van der Waals surface area contributed by atoms with Crippen LogP contribution in [0.1, 0.15) is 0 Å². The van der Waals surface area contributed by atoms with Gasteiger partial charge in [0.2, 0.25) is 0 Å². The minimum absolute atomic E-state index is 0.112. The first kappa shape index (κ1) is 13.2. The molecule has 0 saturated heterocycles. The zero-order valence-corrected chi connectivity index (χ0v) is 8.91. The second kappa shape index (κ2) is 5.45. The van der Waals surface area contributed by atoms with Crippen LogP contribution in [0.4, 0.5) is 17.6 Å². The molecule has 0 heterocycles. The summed E-state index contributed by atoms with van der Waals surface area (Å²) in [4.78, 5) is 0. The number of ether oxygens (including phenoxy) is 2. The molecule has 0 aromatic heterocycles. The van der Waals surface area contributed by atoms with Gasteiger partial charge in [0.15, 0.2) is 11.5 Å². The van der Waals surface area contributed by atoms with E-state index in [2.05, 4.69) is 9.47 Å². The van der Waals surface area contributed by atoms with Gasteiger partial charge >= 0.3 is 13.2 Å². The number of alkyl halides is 4. The van der Waals surface area contributed by atoms with Gasteiger partial charge in [-0.25, -0.2) is 0 Å². The van der Waals surface area contributed by atoms with E-state index in [1.807, 2.05) is 0 Å². The van der Waals surface area contributed by atoms with Gasteiger partial charge < -0.3 is 9.47 Å². The molecule has 0 amide bonds. The first-order valence-electron chi connectivity index (χ1n) is 3.79. The Hall–Kier alpha value is -0.880. The van der Waals surface area contributed by atoms with Crippen molar-refractivity contribution in [2.24, 2.45) is 0 Å². The van der Waals surface area contributed by atoms with E-state index >= 15 is 0 Å². The molecule has 1 rings (SSSR count). The van der Waals surface area contributed by atoms with Crippen molar-refractivity contribution in [2.75, 3.05) is 0 Å². The SMILES string of the molecule is FC(F)Oc1cc(Cl)c(Cl)cc1OC(F)F. The molecule has 2 nitrogen and oxygen atoms in total. The van der Waals surface area contributed by atoms with Gasteiger partial charge in [0.25, 0.3) is 0 Å². The molecule has 1 aromatic rings. The zero-order valence-electron chi connectivity index (χ0n) is 7.39. The number of hydrogen-bond acceptors (Lipinski definition) is 2. The van der Waals surface area contributed by atoms with E-state index < -0.39 is 24.7 Å². The van der Waals surface area contributed by atoms with Crippen LogP contribution >= 0.6 is 23.2 Å². The zero-order chi connectivity index (χ0) is 12.3. The van der Waals surface area contributed by atoms with E-state index in [0.717, 1.165) is 12.1 Å². The average molecular weight is 279 g/mol. The van der Waals surface area contributed by atoms with E-state index in [9.17, 15) is 17.6 Å². The number of rotatable bonds is 4. The smallest absolute Gasteiger partial charge is 0.387 e. The summed E-state index contributed by atoms with van der Waals surface area (Å²) in [5.74, 6) is -1.21. The fraction of sp³-hybridized carbons (Fsp3) is 0.250. The van der Waals surface area contributed by atoms with Crippen LogP contribution < -0.4 is 9.47 Å². The largest absolute Gasteiger partial charge is 0.431 e. The Bertz CT molecular complexity index is 338. The molecule has 0 atom stereocenters. The molecule has 0 aliphatic carbocycles. The first-order chi connectivity index (χ1) is 7.40. The molecule has 0 saturated carbocycles. The van der Waals surface area contributed by atoms with Crippen molar-refractivity contribution in [1.29, 1.82) is 0 Å². The quantitative estimate of drug-likeness (QED) is 0.769. The molecule has 0 fully saturated rings. The molecule has 0 spiro atoms. The second-order valence-electron chi connectivity index (χ2n) is 2.47. The average Bonchev–Trinajstić information content (AvgIpc) is 2.11. The molecule has 16 heavy (non-hydrogen) atoms. The normalized spacial score (nSPS) is 11.0. The number of halogens is 6. The fourth-order valence-corrected chi connectivity index (χ4v) is 1.19. The van der Waals surface area contributed by atoms with E-state index in [0.29, 0.717) is 0 Å². The summed E-state index contributed by atoms with van der Waals surface area (Å²) in [7, 11) is 0. The van der Waals surface area contributed by atoms with Crippen LogP contribution in [0, 0.1) is 0 Å². The van der Waals surface area contributed by atoms with Crippen molar-refractivity contribution in [3.8, 4) is 11.5 Å². The first-order valence-corrected chi connectivity index (χ1v) is 4.54. The molecule has 1 aromatic carbocycles. The van der Waals surface area contributed by atoms with Gasteiger partial charge in [-0.1, -0.05) is 23.2 Å². The molecular formula is C8H4Cl2F4O2. The molecule has 0 bridgehead atoms. The van der Waals surface area contributed by atoms with Crippen molar-refractivity contribution in [3.05, 3.63) is 22.2 Å². The lowest BCUT2D eigenvalue weighted by Crippen LogP contribution is -2.07. The van der Waals surface area contributed by atoms with Gasteiger partial charge in [0.05, 0.1) is 10.0 Å². The van der Waals surface area contributed by atoms with Crippen LogP contribution in [0.2, 0.25) is 10.0 Å². The van der Waals surface area contributed by atoms with Crippen molar-refractivity contribution < 1.29 is 27.0 Å². The maximum atomic E-state index is 11.9. The Kier molecular flexibility index (Phi) is 4.49. The number of benzene rings is 1. The Labute approximate surface area is 97.7 Å². The lowest BCUT2D eigenvalue weighted by molar-refractivity contribution is -0.0692. The van der Waals surface area contributed by atoms with E-state index in [1.165, 1.54) is 0 Å². The van der Waals surface area contributed by atoms with E-state index in [4.69, 9.17) is 23.2 Å². The maximum Gasteiger partial charge on any atom is 0.387 e. The molecule has 0 radical (unpaired) electrons. The molecule has 0 N–H and O–H groups in total. The third-order valence-corrected chi connectivity index (χ3v) is 2.14. The van der Waals surface area contributed by atoms with Crippen molar-refractivity contribution in [2.45, 2.75) is 13.2 Å². The highest BCUT2D eigenvalue weighted by atomic mass is 35.5. The van der Waals surface area contributed by atoms with Crippen LogP contribution in [-0.4, -0.2) is 13.2 Å². The fourth-order valence-electron chi connectivity index (χ4n) is 0.886. The minimum atomic E-state index is -3.18. The van der Waals surface area contributed by atoms with Crippen LogP contribution in [-0.2, 0) is 0 Å². The summed E-state index contributed by atoms with van der Waals surface area (Å²) >= 11 is 11.0. The summed E-state index contributed by atoms with van der Waals surface area (Å²) in [5.41, 5.74) is 0. The highest BCUT2D eigenvalue weighted by Crippen LogP contribution is 2.37. The maximum absolute atomic E-state index is 11.9. The summed E-state index contributed by atoms with van der Waals surface area (Å²) < 4.78 is 55.6. The third-order valence-electron chi connectivity index (χ3n) is 1.42. The summed E-state index contributed by atoms with van der Waals surface area (Å²) in [5, 5.41) is -0.224. The van der Waals surface area contributed by atoms with Crippen LogP contribution in [0.3, 0.4) is 0 Å². The Balaban J connectivity index is 3.06. The molecule has 0 aliphatic heterocycles. The standard InChI is InChI=1S/C8H4Cl2F4O2/c9-3-1-5(15-7(11)12)6(2-4(3)10)16-8(13)14/h1-2,7-8H. The lowest BCUT2D eigenvalue weighted by atomic mass is 10.3. The van der Waals surface area contributed by atoms with Crippen LogP contribution in [0.5, 0.6) is 11.5 Å². The van der Waals surface area contributed by atoms with Gasteiger partial charge in [-0.05, 0) is 0 Å². The van der Waals surface area contributed by atoms with Gasteiger partial charge in [0, 0.05) is 12.1 Å². The van der Waals surface area contributed by atoms with Crippen LogP contribution in [0.25, 0.3) is 0 Å². The highest BCUT2D eigenvalue weighted by Gasteiger charge is 2.17. The minimum Gasteiger partial charge on any atom is -0.431 e. The second-order valence-corrected chi connectivity index (χ2v) is 3.28. The van der Waals surface area contributed by atoms with E-state index in [1.54, 1.807) is 0 Å². The van der Waals surface area contributed by atoms with E-state index in [-0.39, 0.29) is 10.0 Å². The number of hydrogen-bond donors (Lipinski definition) is 0. The lowest BCUT2D eigenvalue weighted by Gasteiger charge is -2.12. The summed E-state index contributed by atoms with van der Waals surface area (Å²) in [6, 6.07) is 1.74. The van der Waals surface area contributed by atoms with Gasteiger partial charge in [0.1, 0.15) is 0 Å². The topological polar surface area (TPSA) is 18.5 Å². The molecular weight excluding hydrogens is 275 g/mol. The van der Waals surface area contributed by atoms with Gasteiger partial charge in [-0.15, -0.1) is 0 Å². The third kappa shape index (κ3) is 3.61. The molecule has 0 unspecified atom stereocenters. The predicted octanol–water partition coefficient (Wildman–Crippen LogP) is 4.20. The van der Waals surface area contributed by atoms with Gasteiger partial charge in [-0.2, -0.15) is 17.6 Å². The Morgan fingerprint density at radius 1 is 0.812 bits per heavy atom. The van der Waals surface area contributed by atoms with Crippen molar-refractivity contribution >= 4 is 23.2 Å². The molecule has 0 aliphatic rings. The highest BCUT2D eigenvalue weighted by molar-refractivity contribution is 6.42. The molecule has 8 heteroatoms. The van der Waals surface area contributed by atoms with Crippen molar-refractivity contribution in [3.63, 3.8) is 0 Å². The van der Waals surface area contributed by atoms with Gasteiger partial charge in [-0.3, -0.25) is 0 Å². The monoisotopic (exact) mass is 278 g/mol. The van der Waals surface area contributed by atoms with Crippen molar-refractivity contribution in [1.82, 2.24) is 0 Å². The summed E-state index contributed by atoms with van der Waals surface area (Å²) in [6.45, 7) is -6.37. The Morgan fingerprint density at radius 2 is 1.12 bits per heavy atom. The molecule has 90 valence electrons. The predicted molar refractivity (Wildman–Crippen MR) is 49.7 cm³/mol. The Morgan fingerprint density at radius 3 is 1.38 bits per heavy atom.